The molecule has 1 aliphatic rings. The Bertz CT molecular complexity index is 1280. The van der Waals surface area contributed by atoms with Gasteiger partial charge < -0.3 is 9.84 Å². The van der Waals surface area contributed by atoms with Gasteiger partial charge in [-0.15, -0.1) is 0 Å². The summed E-state index contributed by atoms with van der Waals surface area (Å²) in [6, 6.07) is 21.0. The first-order valence-electron chi connectivity index (χ1n) is 10.4. The number of benzene rings is 3. The predicted molar refractivity (Wildman–Crippen MR) is 141 cm³/mol. The van der Waals surface area contributed by atoms with E-state index in [1.165, 1.54) is 5.56 Å². The number of nitrogens with zero attached hydrogens (tertiary/aromatic N) is 1. The van der Waals surface area contributed by atoms with Crippen LogP contribution in [0.15, 0.2) is 82.2 Å². The summed E-state index contributed by atoms with van der Waals surface area (Å²) in [6.45, 7) is 2.40. The van der Waals surface area contributed by atoms with Gasteiger partial charge in [0.2, 0.25) is 0 Å². The lowest BCUT2D eigenvalue weighted by Crippen LogP contribution is -2.37. The minimum absolute atomic E-state index is 0.199. The third-order valence-electron chi connectivity index (χ3n) is 5.20. The summed E-state index contributed by atoms with van der Waals surface area (Å²) >= 11 is 9.97. The van der Waals surface area contributed by atoms with Crippen LogP contribution in [0.5, 0.6) is 5.75 Å². The van der Waals surface area contributed by atoms with Gasteiger partial charge in [0.1, 0.15) is 16.7 Å². The zero-order chi connectivity index (χ0) is 24.2. The number of thiocarbonyl (C=S) groups is 1. The number of aryl methyl sites for hydroxylation is 1. The smallest absolute Gasteiger partial charge is 0.331 e. The molecule has 0 bridgehead atoms. The third-order valence-corrected chi connectivity index (χ3v) is 7.03. The summed E-state index contributed by atoms with van der Waals surface area (Å²) in [5.74, 6) is -0.990. The Morgan fingerprint density at radius 3 is 2.53 bits per heavy atom. The molecule has 4 rings (SSSR count). The van der Waals surface area contributed by atoms with Gasteiger partial charge in [-0.3, -0.25) is 9.69 Å². The lowest BCUT2D eigenvalue weighted by molar-refractivity contribution is -0.145. The largest absolute Gasteiger partial charge is 0.488 e. The van der Waals surface area contributed by atoms with Gasteiger partial charge in [0.15, 0.2) is 6.04 Å². The van der Waals surface area contributed by atoms with Crippen LogP contribution in [0.1, 0.15) is 28.3 Å². The van der Waals surface area contributed by atoms with Crippen LogP contribution in [0.3, 0.4) is 0 Å². The fourth-order valence-electron chi connectivity index (χ4n) is 3.49. The fraction of sp³-hybridized carbons (Fsp3) is 0.115. The number of carbonyl (C=O) groups excluding carboxylic acids is 1. The van der Waals surface area contributed by atoms with Crippen LogP contribution < -0.4 is 4.74 Å². The van der Waals surface area contributed by atoms with Crippen LogP contribution >= 0.6 is 39.9 Å². The van der Waals surface area contributed by atoms with E-state index in [0.717, 1.165) is 26.7 Å². The average molecular weight is 554 g/mol. The maximum Gasteiger partial charge on any atom is 0.331 e. The van der Waals surface area contributed by atoms with Crippen molar-refractivity contribution in [3.05, 3.63) is 104 Å². The molecule has 1 atom stereocenters. The first kappa shape index (κ1) is 24.2. The van der Waals surface area contributed by atoms with E-state index in [4.69, 9.17) is 17.0 Å². The van der Waals surface area contributed by atoms with E-state index in [-0.39, 0.29) is 4.32 Å². The maximum atomic E-state index is 13.3. The molecule has 1 N–H and O–H groups in total. The molecule has 0 radical (unpaired) electrons. The second-order valence-corrected chi connectivity index (χ2v) is 10.3. The van der Waals surface area contributed by atoms with Crippen LogP contribution in [0.25, 0.3) is 6.08 Å². The highest BCUT2D eigenvalue weighted by Gasteiger charge is 2.41. The minimum Gasteiger partial charge on any atom is -0.488 e. The van der Waals surface area contributed by atoms with Crippen LogP contribution in [0.2, 0.25) is 0 Å². The molecule has 3 aromatic carbocycles. The van der Waals surface area contributed by atoms with Gasteiger partial charge >= 0.3 is 5.97 Å². The highest BCUT2D eigenvalue weighted by Crippen LogP contribution is 2.39. The number of hydrogen-bond donors (Lipinski definition) is 1. The normalized spacial score (nSPS) is 15.6. The lowest BCUT2D eigenvalue weighted by Gasteiger charge is -2.23. The molecular formula is C26H20BrNO4S2. The van der Waals surface area contributed by atoms with E-state index >= 15 is 0 Å². The van der Waals surface area contributed by atoms with E-state index < -0.39 is 17.9 Å². The summed E-state index contributed by atoms with van der Waals surface area (Å²) < 4.78 is 7.07. The van der Waals surface area contributed by atoms with Gasteiger partial charge in [0.05, 0.1) is 4.91 Å². The first-order valence-corrected chi connectivity index (χ1v) is 12.4. The molecule has 0 spiro atoms. The number of aliphatic carboxylic acids is 1. The van der Waals surface area contributed by atoms with Gasteiger partial charge in [0, 0.05) is 10.0 Å². The number of amides is 1. The standard InChI is InChI=1S/C26H20BrNO4S2/c1-16-7-9-17(10-8-16)15-32-21-12-11-20(27)13-19(21)14-22-24(29)28(26(33)34-22)23(25(30)31)18-5-3-2-4-6-18/h2-14,23H,15H2,1H3,(H,30,31)/b22-14+. The maximum absolute atomic E-state index is 13.3. The van der Waals surface area contributed by atoms with Crippen molar-refractivity contribution in [2.45, 2.75) is 19.6 Å². The van der Waals surface area contributed by atoms with Gasteiger partial charge in [-0.1, -0.05) is 100 Å². The zero-order valence-electron chi connectivity index (χ0n) is 18.1. The summed E-state index contributed by atoms with van der Waals surface area (Å²) in [5, 5.41) is 9.87. The van der Waals surface area contributed by atoms with Crippen molar-refractivity contribution >= 4 is 62.2 Å². The van der Waals surface area contributed by atoms with Crippen molar-refractivity contribution in [2.75, 3.05) is 0 Å². The van der Waals surface area contributed by atoms with E-state index in [0.29, 0.717) is 28.4 Å². The molecule has 1 saturated heterocycles. The Kier molecular flexibility index (Phi) is 7.50. The topological polar surface area (TPSA) is 66.8 Å². The lowest BCUT2D eigenvalue weighted by atomic mass is 10.1. The molecule has 172 valence electrons. The van der Waals surface area contributed by atoms with Gasteiger partial charge in [-0.2, -0.15) is 0 Å². The molecule has 0 aromatic heterocycles. The number of ether oxygens (including phenoxy) is 1. The molecule has 0 aliphatic carbocycles. The molecule has 1 heterocycles. The fourth-order valence-corrected chi connectivity index (χ4v) is 5.17. The average Bonchev–Trinajstić information content (AvgIpc) is 3.08. The molecule has 1 fully saturated rings. The molecule has 1 aliphatic heterocycles. The molecular weight excluding hydrogens is 534 g/mol. The minimum atomic E-state index is -1.20. The Balaban J connectivity index is 1.62. The third kappa shape index (κ3) is 5.41. The molecule has 8 heteroatoms. The summed E-state index contributed by atoms with van der Waals surface area (Å²) in [7, 11) is 0. The molecule has 0 saturated carbocycles. The number of carbonyl (C=O) groups is 2. The molecule has 1 unspecified atom stereocenters. The van der Waals surface area contributed by atoms with Crippen LogP contribution in [-0.2, 0) is 16.2 Å². The van der Waals surface area contributed by atoms with Crippen molar-refractivity contribution < 1.29 is 19.4 Å². The first-order chi connectivity index (χ1) is 16.3. The van der Waals surface area contributed by atoms with E-state index in [9.17, 15) is 14.7 Å². The summed E-state index contributed by atoms with van der Waals surface area (Å²) in [5.41, 5.74) is 3.37. The Hall–Kier alpha value is -2.94. The number of carboxylic acids is 1. The number of carboxylic acid groups (broad SMARTS) is 1. The van der Waals surface area contributed by atoms with Gasteiger partial charge in [0.25, 0.3) is 5.91 Å². The van der Waals surface area contributed by atoms with Crippen molar-refractivity contribution in [1.82, 2.24) is 4.90 Å². The number of thioether (sulfide) groups is 1. The Labute approximate surface area is 215 Å². The SMILES string of the molecule is Cc1ccc(COc2ccc(Br)cc2/C=C2/SC(=S)N(C(C(=O)O)c3ccccc3)C2=O)cc1. The number of rotatable bonds is 7. The molecule has 5 nitrogen and oxygen atoms in total. The van der Waals surface area contributed by atoms with Gasteiger partial charge in [-0.25, -0.2) is 4.79 Å². The van der Waals surface area contributed by atoms with Crippen LogP contribution in [0.4, 0.5) is 0 Å². The Morgan fingerprint density at radius 2 is 1.85 bits per heavy atom. The highest BCUT2D eigenvalue weighted by molar-refractivity contribution is 9.10. The van der Waals surface area contributed by atoms with E-state index in [1.807, 2.05) is 49.4 Å². The van der Waals surface area contributed by atoms with E-state index in [1.54, 1.807) is 36.4 Å². The molecule has 3 aromatic rings. The van der Waals surface area contributed by atoms with E-state index in [2.05, 4.69) is 15.9 Å². The zero-order valence-corrected chi connectivity index (χ0v) is 21.3. The summed E-state index contributed by atoms with van der Waals surface area (Å²) in [6.07, 6.45) is 1.69. The number of halogens is 1. The quantitative estimate of drug-likeness (QED) is 0.271. The number of hydrogen-bond acceptors (Lipinski definition) is 5. The van der Waals surface area contributed by atoms with Crippen LogP contribution in [-0.4, -0.2) is 26.2 Å². The Morgan fingerprint density at radius 1 is 1.15 bits per heavy atom. The van der Waals surface area contributed by atoms with Crippen molar-refractivity contribution in [1.29, 1.82) is 0 Å². The van der Waals surface area contributed by atoms with Gasteiger partial charge in [-0.05, 0) is 42.3 Å². The van der Waals surface area contributed by atoms with Crippen molar-refractivity contribution in [3.8, 4) is 5.75 Å². The van der Waals surface area contributed by atoms with Crippen molar-refractivity contribution in [2.24, 2.45) is 0 Å². The highest BCUT2D eigenvalue weighted by atomic mass is 79.9. The predicted octanol–water partition coefficient (Wildman–Crippen LogP) is 6.36. The molecule has 34 heavy (non-hydrogen) atoms. The monoisotopic (exact) mass is 553 g/mol. The molecule has 1 amide bonds. The second-order valence-electron chi connectivity index (χ2n) is 7.66. The van der Waals surface area contributed by atoms with Crippen molar-refractivity contribution in [3.63, 3.8) is 0 Å². The van der Waals surface area contributed by atoms with Crippen LogP contribution in [0, 0.1) is 6.92 Å². The second kappa shape index (κ2) is 10.5. The summed E-state index contributed by atoms with van der Waals surface area (Å²) in [4.78, 5) is 26.9.